The van der Waals surface area contributed by atoms with Crippen LogP contribution in [-0.2, 0) is 14.0 Å². The molecular weight excluding hydrogens is 332 g/mol. The normalized spacial score (nSPS) is 20.6. The van der Waals surface area contributed by atoms with Gasteiger partial charge < -0.3 is 14.3 Å². The number of aliphatic hydroxyl groups excluding tert-OH is 1. The van der Waals surface area contributed by atoms with Crippen molar-refractivity contribution in [1.29, 1.82) is 0 Å². The Hall–Kier alpha value is -0.653. The summed E-state index contributed by atoms with van der Waals surface area (Å²) in [6.07, 6.45) is 4.77. The van der Waals surface area contributed by atoms with Crippen molar-refractivity contribution in [3.63, 3.8) is 0 Å². The van der Waals surface area contributed by atoms with E-state index < -0.39 is 20.4 Å². The summed E-state index contributed by atoms with van der Waals surface area (Å²) in [7, 11) is -0.692. The lowest BCUT2D eigenvalue weighted by molar-refractivity contribution is -0.137. The van der Waals surface area contributed by atoms with Gasteiger partial charge in [-0.25, -0.2) is 4.79 Å². The van der Waals surface area contributed by atoms with Crippen LogP contribution in [-0.4, -0.2) is 38.7 Å². The molecule has 1 rings (SSSR count). The largest absolute Gasteiger partial charge is 0.466 e. The predicted molar refractivity (Wildman–Crippen MR) is 105 cm³/mol. The molecule has 0 heterocycles. The summed E-state index contributed by atoms with van der Waals surface area (Å²) >= 11 is 0. The van der Waals surface area contributed by atoms with Crippen molar-refractivity contribution in [2.24, 2.45) is 11.8 Å². The fourth-order valence-corrected chi connectivity index (χ4v) is 4.60. The molecular formula is C20H38O4Si. The Balaban J connectivity index is 3.04. The number of carbonyl (C=O) groups excluding carboxylic acids is 1. The van der Waals surface area contributed by atoms with E-state index >= 15 is 0 Å². The van der Waals surface area contributed by atoms with E-state index in [9.17, 15) is 9.90 Å². The highest BCUT2D eigenvalue weighted by atomic mass is 28.4. The number of rotatable bonds is 7. The average Bonchev–Trinajstić information content (AvgIpc) is 2.56. The Morgan fingerprint density at radius 3 is 2.16 bits per heavy atom. The van der Waals surface area contributed by atoms with Crippen LogP contribution >= 0.6 is 0 Å². The lowest BCUT2D eigenvalue weighted by Gasteiger charge is -2.45. The minimum atomic E-state index is -2.04. The Morgan fingerprint density at radius 2 is 1.72 bits per heavy atom. The molecule has 1 aliphatic rings. The van der Waals surface area contributed by atoms with Gasteiger partial charge in [0.1, 0.15) is 0 Å². The molecule has 0 aliphatic heterocycles. The van der Waals surface area contributed by atoms with Crippen molar-refractivity contribution in [2.75, 3.05) is 7.11 Å². The summed E-state index contributed by atoms with van der Waals surface area (Å²) in [6, 6.07) is 0. The van der Waals surface area contributed by atoms with Gasteiger partial charge in [-0.1, -0.05) is 53.5 Å². The van der Waals surface area contributed by atoms with Crippen LogP contribution in [0.3, 0.4) is 0 Å². The van der Waals surface area contributed by atoms with E-state index in [0.29, 0.717) is 11.5 Å². The topological polar surface area (TPSA) is 55.8 Å². The monoisotopic (exact) mass is 370 g/mol. The second-order valence-corrected chi connectivity index (χ2v) is 13.8. The van der Waals surface area contributed by atoms with E-state index in [0.717, 1.165) is 12.8 Å². The van der Waals surface area contributed by atoms with Crippen LogP contribution in [0.1, 0.15) is 59.8 Å². The zero-order valence-corrected chi connectivity index (χ0v) is 18.2. The Labute approximate surface area is 155 Å². The summed E-state index contributed by atoms with van der Waals surface area (Å²) in [6.45, 7) is 16.7. The molecule has 4 nitrogen and oxygen atoms in total. The van der Waals surface area contributed by atoms with Gasteiger partial charge in [-0.05, 0) is 36.9 Å². The highest BCUT2D eigenvalue weighted by molar-refractivity contribution is 6.74. The Bertz CT molecular complexity index is 461. The van der Waals surface area contributed by atoms with Gasteiger partial charge in [0.15, 0.2) is 8.32 Å². The van der Waals surface area contributed by atoms with Crippen LogP contribution in [0.5, 0.6) is 0 Å². The zero-order valence-electron chi connectivity index (χ0n) is 17.2. The van der Waals surface area contributed by atoms with Gasteiger partial charge in [-0.3, -0.25) is 0 Å². The molecule has 0 aromatic carbocycles. The molecule has 5 heteroatoms. The zero-order chi connectivity index (χ0) is 19.4. The van der Waals surface area contributed by atoms with Crippen LogP contribution in [0.15, 0.2) is 12.2 Å². The maximum absolute atomic E-state index is 11.8. The molecule has 146 valence electrons. The third kappa shape index (κ3) is 5.66. The van der Waals surface area contributed by atoms with Crippen LogP contribution in [0.25, 0.3) is 0 Å². The second kappa shape index (κ2) is 8.83. The number of hydrogen-bond donors (Lipinski definition) is 1. The molecule has 0 unspecified atom stereocenters. The number of aliphatic hydroxyl groups is 1. The van der Waals surface area contributed by atoms with Gasteiger partial charge >= 0.3 is 5.97 Å². The molecule has 1 aliphatic carbocycles. The summed E-state index contributed by atoms with van der Waals surface area (Å²) < 4.78 is 11.5. The summed E-state index contributed by atoms with van der Waals surface area (Å²) in [5, 5.41) is 11.2. The highest BCUT2D eigenvalue weighted by Crippen LogP contribution is 2.41. The first kappa shape index (κ1) is 22.4. The summed E-state index contributed by atoms with van der Waals surface area (Å²) in [4.78, 5) is 11.8. The van der Waals surface area contributed by atoms with Crippen LogP contribution in [0, 0.1) is 11.8 Å². The van der Waals surface area contributed by atoms with E-state index in [4.69, 9.17) is 9.16 Å². The van der Waals surface area contributed by atoms with Crippen molar-refractivity contribution in [3.05, 3.63) is 12.2 Å². The van der Waals surface area contributed by atoms with E-state index in [1.165, 1.54) is 26.4 Å². The number of hydrogen-bond acceptors (Lipinski definition) is 4. The smallest absolute Gasteiger partial charge is 0.333 e. The molecule has 0 saturated heterocycles. The summed E-state index contributed by atoms with van der Waals surface area (Å²) in [5.74, 6) is -0.504. The average molecular weight is 371 g/mol. The first-order chi connectivity index (χ1) is 11.4. The van der Waals surface area contributed by atoms with Crippen molar-refractivity contribution < 1.29 is 19.1 Å². The molecule has 0 radical (unpaired) electrons. The molecule has 0 spiro atoms. The van der Waals surface area contributed by atoms with Crippen LogP contribution in [0.4, 0.5) is 0 Å². The number of carbonyl (C=O) groups is 1. The van der Waals surface area contributed by atoms with Gasteiger partial charge in [0.2, 0.25) is 0 Å². The van der Waals surface area contributed by atoms with Crippen molar-refractivity contribution >= 4 is 14.3 Å². The molecule has 0 aromatic rings. The lowest BCUT2D eigenvalue weighted by Crippen LogP contribution is -2.51. The maximum Gasteiger partial charge on any atom is 0.333 e. The Morgan fingerprint density at radius 1 is 1.20 bits per heavy atom. The van der Waals surface area contributed by atoms with E-state index in [-0.39, 0.29) is 17.1 Å². The quantitative estimate of drug-likeness (QED) is 0.401. The fraction of sp³-hybridized carbons (Fsp3) is 0.850. The van der Waals surface area contributed by atoms with Gasteiger partial charge in [0, 0.05) is 11.5 Å². The van der Waals surface area contributed by atoms with E-state index in [1.807, 2.05) is 6.92 Å². The lowest BCUT2D eigenvalue weighted by atomic mass is 9.79. The first-order valence-corrected chi connectivity index (χ1v) is 12.5. The van der Waals surface area contributed by atoms with Gasteiger partial charge in [0.05, 0.1) is 19.3 Å². The first-order valence-electron chi connectivity index (χ1n) is 9.55. The number of ether oxygens (including phenoxy) is 1. The number of methoxy groups -OCH3 is 1. The van der Waals surface area contributed by atoms with Crippen molar-refractivity contribution in [3.8, 4) is 0 Å². The molecule has 0 amide bonds. The van der Waals surface area contributed by atoms with E-state index in [2.05, 4.69) is 40.4 Å². The van der Waals surface area contributed by atoms with E-state index in [1.54, 1.807) is 0 Å². The molecule has 0 bridgehead atoms. The second-order valence-electron chi connectivity index (χ2n) is 9.04. The molecule has 0 aromatic heterocycles. The minimum absolute atomic E-state index is 0.0717. The molecule has 1 saturated carbocycles. The van der Waals surface area contributed by atoms with Crippen molar-refractivity contribution in [2.45, 2.75) is 90.1 Å². The third-order valence-corrected chi connectivity index (χ3v) is 10.7. The molecule has 1 fully saturated rings. The minimum Gasteiger partial charge on any atom is -0.466 e. The Kier molecular flexibility index (Phi) is 7.90. The molecule has 3 atom stereocenters. The summed E-state index contributed by atoms with van der Waals surface area (Å²) in [5.41, 5.74) is 0.314. The third-order valence-electron chi connectivity index (χ3n) is 6.20. The SMILES string of the molecule is C=C(C(=O)OC)[C@H](C)[C@@H](O)[C@H](O[Si](C)(C)C(C)(C)C)C1CCCCC1. The van der Waals surface area contributed by atoms with Crippen LogP contribution in [0.2, 0.25) is 18.1 Å². The molecule has 25 heavy (non-hydrogen) atoms. The fourth-order valence-electron chi connectivity index (χ4n) is 3.23. The van der Waals surface area contributed by atoms with Gasteiger partial charge in [-0.15, -0.1) is 0 Å². The predicted octanol–water partition coefficient (Wildman–Crippen LogP) is 4.68. The van der Waals surface area contributed by atoms with Crippen molar-refractivity contribution in [1.82, 2.24) is 0 Å². The van der Waals surface area contributed by atoms with Gasteiger partial charge in [0.25, 0.3) is 0 Å². The van der Waals surface area contributed by atoms with Crippen LogP contribution < -0.4 is 0 Å². The van der Waals surface area contributed by atoms with Gasteiger partial charge in [-0.2, -0.15) is 0 Å². The maximum atomic E-state index is 11.8. The standard InChI is InChI=1S/C20H38O4Si/c1-14(15(2)19(22)23-6)17(21)18(16-12-10-9-11-13-16)24-25(7,8)20(3,4)5/h14,16-18,21H,2,9-13H2,1,3-8H3/t14-,17+,18+/m0/s1. The highest BCUT2D eigenvalue weighted by Gasteiger charge is 2.44. The number of esters is 1. The molecule has 1 N–H and O–H groups in total.